The number of carbonyl (C=O) groups is 2. The number of hydrogen-bond acceptors (Lipinski definition) is 5. The minimum atomic E-state index is -0.949. The van der Waals surface area contributed by atoms with Crippen LogP contribution in [0.5, 0.6) is 11.5 Å². The molecule has 0 heterocycles. The van der Waals surface area contributed by atoms with Gasteiger partial charge in [-0.2, -0.15) is 0 Å². The van der Waals surface area contributed by atoms with Gasteiger partial charge < -0.3 is 14.9 Å². The zero-order valence-corrected chi connectivity index (χ0v) is 18.5. The predicted octanol–water partition coefficient (Wildman–Crippen LogP) is 5.96. The van der Waals surface area contributed by atoms with Gasteiger partial charge in [0.15, 0.2) is 5.78 Å². The Kier molecular flexibility index (Phi) is 7.58. The molecule has 0 amide bonds. The maximum atomic E-state index is 11.7. The fourth-order valence-electron chi connectivity index (χ4n) is 3.41. The fraction of sp³-hybridized carbons (Fsp3) is 0.280. The Morgan fingerprint density at radius 3 is 2.52 bits per heavy atom. The number of carboxylic acids is 1. The normalized spacial score (nSPS) is 10.9. The second kappa shape index (κ2) is 10.4. The molecular formula is C25H26O5S. The third-order valence-corrected chi connectivity index (χ3v) is 6.18. The van der Waals surface area contributed by atoms with Crippen LogP contribution >= 0.6 is 11.8 Å². The third kappa shape index (κ3) is 5.58. The highest BCUT2D eigenvalue weighted by atomic mass is 32.2. The van der Waals surface area contributed by atoms with E-state index in [4.69, 9.17) is 9.84 Å². The molecule has 3 aromatic carbocycles. The molecule has 0 spiro atoms. The maximum Gasteiger partial charge on any atom is 0.335 e. The SMILES string of the molecule is CCCc1c(SCCCOc2ccc3ccc(C(=O)O)cc3c2)ccc(C(C)=O)c1O. The summed E-state index contributed by atoms with van der Waals surface area (Å²) in [6.07, 6.45) is 2.41. The minimum absolute atomic E-state index is 0.104. The van der Waals surface area contributed by atoms with E-state index >= 15 is 0 Å². The smallest absolute Gasteiger partial charge is 0.335 e. The number of phenolic OH excluding ortho intramolecular Hbond substituents is 1. The first-order valence-corrected chi connectivity index (χ1v) is 11.3. The summed E-state index contributed by atoms with van der Waals surface area (Å²) >= 11 is 1.65. The van der Waals surface area contributed by atoms with Crippen molar-refractivity contribution in [1.82, 2.24) is 0 Å². The van der Waals surface area contributed by atoms with Crippen LogP contribution in [0.4, 0.5) is 0 Å². The van der Waals surface area contributed by atoms with E-state index in [9.17, 15) is 14.7 Å². The zero-order valence-electron chi connectivity index (χ0n) is 17.7. The molecule has 2 N–H and O–H groups in total. The Hall–Kier alpha value is -2.99. The molecule has 0 fully saturated rings. The Balaban J connectivity index is 1.58. The molecule has 0 aliphatic carbocycles. The predicted molar refractivity (Wildman–Crippen MR) is 124 cm³/mol. The van der Waals surface area contributed by atoms with Crippen LogP contribution in [0.15, 0.2) is 53.4 Å². The van der Waals surface area contributed by atoms with Crippen molar-refractivity contribution in [2.75, 3.05) is 12.4 Å². The monoisotopic (exact) mass is 438 g/mol. The molecule has 0 saturated heterocycles. The number of hydrogen-bond donors (Lipinski definition) is 2. The number of benzene rings is 3. The molecule has 3 rings (SSSR count). The number of ketones is 1. The van der Waals surface area contributed by atoms with Gasteiger partial charge in [0.1, 0.15) is 11.5 Å². The number of thioether (sulfide) groups is 1. The van der Waals surface area contributed by atoms with Crippen LogP contribution in [0.25, 0.3) is 10.8 Å². The summed E-state index contributed by atoms with van der Waals surface area (Å²) < 4.78 is 5.85. The number of Topliss-reactive ketones (excluding diaryl/α,β-unsaturated/α-hetero) is 1. The van der Waals surface area contributed by atoms with Crippen molar-refractivity contribution in [3.05, 3.63) is 65.2 Å². The molecule has 31 heavy (non-hydrogen) atoms. The number of rotatable bonds is 10. The van der Waals surface area contributed by atoms with E-state index < -0.39 is 5.97 Å². The average Bonchev–Trinajstić information content (AvgIpc) is 2.74. The van der Waals surface area contributed by atoms with Crippen molar-refractivity contribution in [3.8, 4) is 11.5 Å². The summed E-state index contributed by atoms with van der Waals surface area (Å²) in [6, 6.07) is 14.3. The van der Waals surface area contributed by atoms with Gasteiger partial charge in [0, 0.05) is 16.2 Å². The lowest BCUT2D eigenvalue weighted by Crippen LogP contribution is -2.01. The first-order chi connectivity index (χ1) is 14.9. The van der Waals surface area contributed by atoms with Gasteiger partial charge in [0.25, 0.3) is 0 Å². The first-order valence-electron chi connectivity index (χ1n) is 10.3. The van der Waals surface area contributed by atoms with E-state index in [0.29, 0.717) is 17.9 Å². The van der Waals surface area contributed by atoms with Crippen molar-refractivity contribution in [3.63, 3.8) is 0 Å². The molecule has 0 aliphatic heterocycles. The van der Waals surface area contributed by atoms with Gasteiger partial charge in [-0.05, 0) is 66.9 Å². The standard InChI is InChI=1S/C25H26O5S/c1-3-5-22-23(11-10-21(16(2)26)24(22)27)31-13-4-12-30-20-9-8-17-6-7-18(25(28)29)14-19(17)15-20/h6-11,14-15,27H,3-5,12-13H2,1-2H3,(H,28,29). The molecule has 0 radical (unpaired) electrons. The first kappa shape index (κ1) is 22.7. The van der Waals surface area contributed by atoms with Gasteiger partial charge in [-0.3, -0.25) is 4.79 Å². The van der Waals surface area contributed by atoms with Gasteiger partial charge in [0.2, 0.25) is 0 Å². The van der Waals surface area contributed by atoms with E-state index in [1.165, 1.54) is 6.92 Å². The number of aromatic carboxylic acids is 1. The second-order valence-electron chi connectivity index (χ2n) is 7.32. The molecule has 0 aliphatic rings. The van der Waals surface area contributed by atoms with Crippen molar-refractivity contribution < 1.29 is 24.5 Å². The Labute approximate surface area is 186 Å². The van der Waals surface area contributed by atoms with Crippen molar-refractivity contribution in [1.29, 1.82) is 0 Å². The van der Waals surface area contributed by atoms with Crippen LogP contribution in [0.3, 0.4) is 0 Å². The van der Waals surface area contributed by atoms with Gasteiger partial charge in [-0.1, -0.05) is 25.5 Å². The molecule has 0 bridgehead atoms. The van der Waals surface area contributed by atoms with Crippen LogP contribution in [0.1, 0.15) is 53.0 Å². The molecule has 162 valence electrons. The number of carboxylic acid groups (broad SMARTS) is 1. The van der Waals surface area contributed by atoms with Crippen LogP contribution in [-0.2, 0) is 6.42 Å². The topological polar surface area (TPSA) is 83.8 Å². The number of ether oxygens (including phenoxy) is 1. The average molecular weight is 439 g/mol. The molecule has 0 unspecified atom stereocenters. The lowest BCUT2D eigenvalue weighted by atomic mass is 10.0. The summed E-state index contributed by atoms with van der Waals surface area (Å²) in [4.78, 5) is 23.8. The molecule has 6 heteroatoms. The number of phenols is 1. The largest absolute Gasteiger partial charge is 0.507 e. The maximum absolute atomic E-state index is 11.7. The summed E-state index contributed by atoms with van der Waals surface area (Å²) in [5.41, 5.74) is 1.46. The second-order valence-corrected chi connectivity index (χ2v) is 8.46. The van der Waals surface area contributed by atoms with Gasteiger partial charge in [-0.25, -0.2) is 4.79 Å². The van der Waals surface area contributed by atoms with E-state index in [1.54, 1.807) is 36.0 Å². The molecular weight excluding hydrogens is 412 g/mol. The van der Waals surface area contributed by atoms with Crippen molar-refractivity contribution in [2.45, 2.75) is 38.0 Å². The Bertz CT molecular complexity index is 1110. The minimum Gasteiger partial charge on any atom is -0.507 e. The molecule has 0 saturated carbocycles. The van der Waals surface area contributed by atoms with Crippen LogP contribution in [0.2, 0.25) is 0 Å². The van der Waals surface area contributed by atoms with Crippen LogP contribution in [-0.4, -0.2) is 34.3 Å². The number of aromatic hydroxyl groups is 1. The van der Waals surface area contributed by atoms with E-state index in [0.717, 1.165) is 46.2 Å². The summed E-state index contributed by atoms with van der Waals surface area (Å²) in [6.45, 7) is 4.03. The summed E-state index contributed by atoms with van der Waals surface area (Å²) in [5, 5.41) is 21.4. The van der Waals surface area contributed by atoms with Gasteiger partial charge >= 0.3 is 5.97 Å². The summed E-state index contributed by atoms with van der Waals surface area (Å²) in [7, 11) is 0. The van der Waals surface area contributed by atoms with Crippen molar-refractivity contribution in [2.24, 2.45) is 0 Å². The lowest BCUT2D eigenvalue weighted by molar-refractivity contribution is 0.0696. The zero-order chi connectivity index (χ0) is 22.4. The number of fused-ring (bicyclic) bond motifs is 1. The fourth-order valence-corrected chi connectivity index (χ4v) is 4.43. The molecule has 5 nitrogen and oxygen atoms in total. The van der Waals surface area contributed by atoms with Gasteiger partial charge in [-0.15, -0.1) is 11.8 Å². The Morgan fingerprint density at radius 2 is 1.81 bits per heavy atom. The van der Waals surface area contributed by atoms with E-state index in [1.807, 2.05) is 31.2 Å². The summed E-state index contributed by atoms with van der Waals surface area (Å²) in [5.74, 6) is 0.537. The highest BCUT2D eigenvalue weighted by Crippen LogP contribution is 2.34. The highest BCUT2D eigenvalue weighted by molar-refractivity contribution is 7.99. The van der Waals surface area contributed by atoms with Gasteiger partial charge in [0.05, 0.1) is 17.7 Å². The Morgan fingerprint density at radius 1 is 1.03 bits per heavy atom. The lowest BCUT2D eigenvalue weighted by Gasteiger charge is -2.13. The number of carbonyl (C=O) groups excluding carboxylic acids is 1. The highest BCUT2D eigenvalue weighted by Gasteiger charge is 2.15. The van der Waals surface area contributed by atoms with Crippen LogP contribution < -0.4 is 4.74 Å². The third-order valence-electron chi connectivity index (χ3n) is 4.99. The van der Waals surface area contributed by atoms with Crippen LogP contribution in [0, 0.1) is 0 Å². The molecule has 3 aromatic rings. The van der Waals surface area contributed by atoms with E-state index in [2.05, 4.69) is 0 Å². The molecule has 0 aromatic heterocycles. The van der Waals surface area contributed by atoms with E-state index in [-0.39, 0.29) is 17.1 Å². The quantitative estimate of drug-likeness (QED) is 0.231. The van der Waals surface area contributed by atoms with Crippen molar-refractivity contribution >= 4 is 34.3 Å². The molecule has 0 atom stereocenters.